The number of hydrogen-bond donors (Lipinski definition) is 1. The van der Waals surface area contributed by atoms with Gasteiger partial charge in [0.2, 0.25) is 11.4 Å². The smallest absolute Gasteiger partial charge is 0.249 e. The second kappa shape index (κ2) is 10.0. The highest BCUT2D eigenvalue weighted by molar-refractivity contribution is 5.74. The van der Waals surface area contributed by atoms with E-state index in [2.05, 4.69) is 63.4 Å². The maximum Gasteiger partial charge on any atom is 0.249 e. The van der Waals surface area contributed by atoms with Crippen molar-refractivity contribution in [1.29, 1.82) is 0 Å². The van der Waals surface area contributed by atoms with Crippen LogP contribution in [0.15, 0.2) is 77.6 Å². The molecule has 1 aliphatic heterocycles. The molecule has 2 aromatic heterocycles. The number of pyridine rings is 2. The molecule has 0 saturated carbocycles. The van der Waals surface area contributed by atoms with Gasteiger partial charge < -0.3 is 9.72 Å². The Balaban J connectivity index is 1.26. The molecule has 1 aromatic carbocycles. The SMILES string of the molecule is O=c1ccc2ccc(OCCCCN3CCc4ccccccccc4C3)nc2[nH]1. The van der Waals surface area contributed by atoms with Gasteiger partial charge in [-0.25, -0.2) is 0 Å². The summed E-state index contributed by atoms with van der Waals surface area (Å²) in [5.74, 6) is 0.553. The van der Waals surface area contributed by atoms with Crippen LogP contribution in [-0.4, -0.2) is 34.6 Å². The molecular weight excluding hydrogens is 374 g/mol. The normalized spacial score (nSPS) is 13.5. The summed E-state index contributed by atoms with van der Waals surface area (Å²) in [6.45, 7) is 3.77. The van der Waals surface area contributed by atoms with Gasteiger partial charge in [0, 0.05) is 30.6 Å². The van der Waals surface area contributed by atoms with Gasteiger partial charge in [-0.3, -0.25) is 9.69 Å². The van der Waals surface area contributed by atoms with E-state index in [9.17, 15) is 4.79 Å². The lowest BCUT2D eigenvalue weighted by atomic mass is 10.0. The van der Waals surface area contributed by atoms with E-state index in [-0.39, 0.29) is 5.56 Å². The third-order valence-electron chi connectivity index (χ3n) is 5.33. The number of nitrogens with zero attached hydrogens (tertiary/aromatic N) is 2. The van der Waals surface area contributed by atoms with Crippen molar-refractivity contribution in [2.75, 3.05) is 19.7 Å². The largest absolute Gasteiger partial charge is 0.478 e. The first kappa shape index (κ1) is 20.1. The quantitative estimate of drug-likeness (QED) is 0.627. The lowest BCUT2D eigenvalue weighted by molar-refractivity contribution is 0.233. The summed E-state index contributed by atoms with van der Waals surface area (Å²) in [5, 5.41) is 0.900. The van der Waals surface area contributed by atoms with Crippen molar-refractivity contribution in [3.8, 4) is 5.88 Å². The van der Waals surface area contributed by atoms with Gasteiger partial charge in [-0.2, -0.15) is 4.98 Å². The summed E-state index contributed by atoms with van der Waals surface area (Å²) in [7, 11) is 0. The minimum absolute atomic E-state index is 0.153. The molecule has 4 rings (SSSR count). The Morgan fingerprint density at radius 1 is 0.900 bits per heavy atom. The standard InChI is InChI=1S/C25H27N3O2/c29-23-13-11-21-12-14-24(27-25(21)26-23)30-18-8-7-16-28-17-15-20-9-5-3-1-2-4-6-10-22(20)19-28/h1-6,9-14H,7-8,15-19H2,(H,26,27,29). The monoisotopic (exact) mass is 401 g/mol. The van der Waals surface area contributed by atoms with E-state index >= 15 is 0 Å². The van der Waals surface area contributed by atoms with Crippen LogP contribution in [0.3, 0.4) is 0 Å². The lowest BCUT2D eigenvalue weighted by Crippen LogP contribution is -2.31. The summed E-state index contributed by atoms with van der Waals surface area (Å²) in [6.07, 6.45) is 3.13. The van der Waals surface area contributed by atoms with Crippen LogP contribution in [0.25, 0.3) is 11.0 Å². The molecule has 0 radical (unpaired) electrons. The molecule has 0 bridgehead atoms. The first-order valence-corrected chi connectivity index (χ1v) is 10.5. The van der Waals surface area contributed by atoms with Crippen LogP contribution in [0.2, 0.25) is 0 Å². The number of aromatic amines is 1. The van der Waals surface area contributed by atoms with Crippen molar-refractivity contribution in [3.63, 3.8) is 0 Å². The summed E-state index contributed by atoms with van der Waals surface area (Å²) in [4.78, 5) is 21.1. The van der Waals surface area contributed by atoms with Crippen LogP contribution >= 0.6 is 0 Å². The zero-order valence-electron chi connectivity index (χ0n) is 17.1. The molecule has 0 aliphatic carbocycles. The number of rotatable bonds is 6. The van der Waals surface area contributed by atoms with Crippen LogP contribution in [0.5, 0.6) is 5.88 Å². The summed E-state index contributed by atoms with van der Waals surface area (Å²) in [5.41, 5.74) is 3.25. The Morgan fingerprint density at radius 2 is 1.67 bits per heavy atom. The second-order valence-corrected chi connectivity index (χ2v) is 7.53. The fourth-order valence-electron chi connectivity index (χ4n) is 3.71. The summed E-state index contributed by atoms with van der Waals surface area (Å²) < 4.78 is 5.79. The fourth-order valence-corrected chi connectivity index (χ4v) is 3.71. The second-order valence-electron chi connectivity index (χ2n) is 7.53. The molecule has 30 heavy (non-hydrogen) atoms. The third kappa shape index (κ3) is 5.45. The Kier molecular flexibility index (Phi) is 6.72. The average molecular weight is 402 g/mol. The van der Waals surface area contributed by atoms with Gasteiger partial charge in [0.25, 0.3) is 0 Å². The summed E-state index contributed by atoms with van der Waals surface area (Å²) >= 11 is 0. The molecule has 0 atom stereocenters. The molecule has 0 spiro atoms. The number of ether oxygens (including phenoxy) is 1. The predicted molar refractivity (Wildman–Crippen MR) is 120 cm³/mol. The van der Waals surface area contributed by atoms with Gasteiger partial charge in [-0.1, -0.05) is 48.5 Å². The highest BCUT2D eigenvalue weighted by Crippen LogP contribution is 2.18. The number of fused-ring (bicyclic) bond motifs is 2. The first-order chi connectivity index (χ1) is 14.8. The Morgan fingerprint density at radius 3 is 2.53 bits per heavy atom. The maximum absolute atomic E-state index is 11.4. The Bertz CT molecular complexity index is 1110. The highest BCUT2D eigenvalue weighted by atomic mass is 16.5. The molecule has 5 nitrogen and oxygen atoms in total. The van der Waals surface area contributed by atoms with Crippen LogP contribution in [0.1, 0.15) is 24.0 Å². The van der Waals surface area contributed by atoms with Gasteiger partial charge in [0.05, 0.1) is 6.61 Å². The van der Waals surface area contributed by atoms with E-state index in [0.29, 0.717) is 18.1 Å². The zero-order valence-corrected chi connectivity index (χ0v) is 17.1. The van der Waals surface area contributed by atoms with E-state index in [0.717, 1.165) is 44.3 Å². The summed E-state index contributed by atoms with van der Waals surface area (Å²) in [6, 6.07) is 24.0. The van der Waals surface area contributed by atoms with Crippen molar-refractivity contribution in [3.05, 3.63) is 94.3 Å². The van der Waals surface area contributed by atoms with Gasteiger partial charge in [0.15, 0.2) is 0 Å². The average Bonchev–Trinajstić information content (AvgIpc) is 2.76. The molecule has 5 heteroatoms. The van der Waals surface area contributed by atoms with Crippen molar-refractivity contribution in [2.24, 2.45) is 0 Å². The van der Waals surface area contributed by atoms with E-state index in [1.807, 2.05) is 12.1 Å². The maximum atomic E-state index is 11.4. The van der Waals surface area contributed by atoms with E-state index in [1.54, 1.807) is 6.07 Å². The molecule has 154 valence electrons. The molecule has 0 unspecified atom stereocenters. The molecule has 3 aromatic rings. The molecule has 3 heterocycles. The van der Waals surface area contributed by atoms with Crippen molar-refractivity contribution in [2.45, 2.75) is 25.8 Å². The van der Waals surface area contributed by atoms with Gasteiger partial charge >= 0.3 is 0 Å². The molecule has 1 N–H and O–H groups in total. The minimum Gasteiger partial charge on any atom is -0.478 e. The van der Waals surface area contributed by atoms with E-state index in [1.165, 1.54) is 17.2 Å². The van der Waals surface area contributed by atoms with Crippen molar-refractivity contribution >= 4 is 11.0 Å². The number of aromatic nitrogens is 2. The van der Waals surface area contributed by atoms with E-state index < -0.39 is 0 Å². The first-order valence-electron chi connectivity index (χ1n) is 10.5. The zero-order chi connectivity index (χ0) is 20.6. The molecule has 1 aliphatic rings. The number of nitrogens with one attached hydrogen (secondary N) is 1. The van der Waals surface area contributed by atoms with Crippen molar-refractivity contribution < 1.29 is 4.74 Å². The molecule has 0 amide bonds. The highest BCUT2D eigenvalue weighted by Gasteiger charge is 2.14. The van der Waals surface area contributed by atoms with Crippen LogP contribution in [-0.2, 0) is 13.0 Å². The lowest BCUT2D eigenvalue weighted by Gasteiger charge is -2.28. The van der Waals surface area contributed by atoms with Crippen LogP contribution in [0.4, 0.5) is 0 Å². The molecule has 0 fully saturated rings. The fraction of sp³-hybridized carbons (Fsp3) is 0.280. The van der Waals surface area contributed by atoms with Crippen LogP contribution < -0.4 is 10.3 Å². The molecule has 0 saturated heterocycles. The van der Waals surface area contributed by atoms with Gasteiger partial charge in [0.1, 0.15) is 5.65 Å². The third-order valence-corrected chi connectivity index (χ3v) is 5.33. The van der Waals surface area contributed by atoms with Crippen LogP contribution in [0, 0.1) is 0 Å². The van der Waals surface area contributed by atoms with Gasteiger partial charge in [-0.15, -0.1) is 0 Å². The number of hydrogen-bond acceptors (Lipinski definition) is 4. The van der Waals surface area contributed by atoms with Crippen molar-refractivity contribution in [1.82, 2.24) is 14.9 Å². The minimum atomic E-state index is -0.153. The predicted octanol–water partition coefficient (Wildman–Crippen LogP) is 4.26. The molecular formula is C25H27N3O2. The number of unbranched alkanes of at least 4 members (excludes halogenated alkanes) is 1. The van der Waals surface area contributed by atoms with Gasteiger partial charge in [-0.05, 0) is 49.1 Å². The Hall–Kier alpha value is -3.18. The topological polar surface area (TPSA) is 58.2 Å². The van der Waals surface area contributed by atoms with E-state index in [4.69, 9.17) is 4.74 Å². The number of H-pyrrole nitrogens is 1. The Labute approximate surface area is 176 Å².